The van der Waals surface area contributed by atoms with Crippen molar-refractivity contribution < 1.29 is 33.3 Å². The number of ether oxygens (including phenoxy) is 5. The third-order valence-corrected chi connectivity index (χ3v) is 4.94. The molecule has 1 aromatic carbocycles. The SMILES string of the molecule is C=CCC(C)OC(=O)c1c(OCOC)cc(OCOC)c(Cl)c1CC(=O)/C=C/CC/C=C\CC. The molecule has 1 aromatic rings. The highest BCUT2D eigenvalue weighted by atomic mass is 35.5. The maximum Gasteiger partial charge on any atom is 0.342 e. The minimum absolute atomic E-state index is 0.0513. The quantitative estimate of drug-likeness (QED) is 0.0884. The third-order valence-electron chi connectivity index (χ3n) is 4.52. The van der Waals surface area contributed by atoms with E-state index in [1.807, 2.05) is 0 Å². The summed E-state index contributed by atoms with van der Waals surface area (Å²) in [6, 6.07) is 1.46. The maximum atomic E-state index is 13.1. The zero-order valence-corrected chi connectivity index (χ0v) is 21.2. The molecule has 188 valence electrons. The van der Waals surface area contributed by atoms with Crippen molar-refractivity contribution in [2.75, 3.05) is 27.8 Å². The number of esters is 1. The number of benzene rings is 1. The average Bonchev–Trinajstić information content (AvgIpc) is 2.80. The van der Waals surface area contributed by atoms with E-state index in [1.54, 1.807) is 19.1 Å². The molecule has 0 N–H and O–H groups in total. The van der Waals surface area contributed by atoms with Crippen molar-refractivity contribution >= 4 is 23.4 Å². The molecular formula is C26H35ClO7. The number of rotatable bonds is 17. The Balaban J connectivity index is 3.36. The predicted molar refractivity (Wildman–Crippen MR) is 133 cm³/mol. The fraction of sp³-hybridized carbons (Fsp3) is 0.462. The van der Waals surface area contributed by atoms with Gasteiger partial charge < -0.3 is 23.7 Å². The van der Waals surface area contributed by atoms with Gasteiger partial charge in [0, 0.05) is 38.7 Å². The molecular weight excluding hydrogens is 460 g/mol. The van der Waals surface area contributed by atoms with Crippen molar-refractivity contribution in [1.29, 1.82) is 0 Å². The molecule has 0 fully saturated rings. The monoisotopic (exact) mass is 494 g/mol. The van der Waals surface area contributed by atoms with Gasteiger partial charge in [-0.1, -0.05) is 42.8 Å². The van der Waals surface area contributed by atoms with E-state index in [9.17, 15) is 9.59 Å². The predicted octanol–water partition coefficient (Wildman–Crippen LogP) is 5.84. The van der Waals surface area contributed by atoms with E-state index in [0.29, 0.717) is 6.42 Å². The molecule has 1 rings (SSSR count). The first-order valence-corrected chi connectivity index (χ1v) is 11.5. The first-order valence-electron chi connectivity index (χ1n) is 11.1. The summed E-state index contributed by atoms with van der Waals surface area (Å²) in [6.45, 7) is 7.26. The van der Waals surface area contributed by atoms with Crippen LogP contribution in [0.2, 0.25) is 5.02 Å². The van der Waals surface area contributed by atoms with Crippen LogP contribution in [0.4, 0.5) is 0 Å². The van der Waals surface area contributed by atoms with E-state index in [2.05, 4.69) is 25.7 Å². The zero-order valence-electron chi connectivity index (χ0n) is 20.4. The van der Waals surface area contributed by atoms with Gasteiger partial charge in [0.15, 0.2) is 19.4 Å². The van der Waals surface area contributed by atoms with E-state index in [-0.39, 0.29) is 53.4 Å². The number of ketones is 1. The van der Waals surface area contributed by atoms with Gasteiger partial charge >= 0.3 is 5.97 Å². The normalized spacial score (nSPS) is 12.1. The molecule has 1 atom stereocenters. The topological polar surface area (TPSA) is 80.3 Å². The molecule has 7 nitrogen and oxygen atoms in total. The second-order valence-electron chi connectivity index (χ2n) is 7.38. The fourth-order valence-corrected chi connectivity index (χ4v) is 3.24. The standard InChI is InChI=1S/C26H35ClO7/c1-6-8-9-10-11-12-14-20(28)15-21-24(26(29)34-19(3)13-7-2)22(32-17-30-4)16-23(25(21)27)33-18-31-5/h7-9,12,14,16,19H,2,6,10-11,13,15,17-18H2,1,3-5H3/b9-8-,14-12+. The van der Waals surface area contributed by atoms with Gasteiger partial charge in [-0.25, -0.2) is 4.79 Å². The Bertz CT molecular complexity index is 861. The molecule has 0 saturated heterocycles. The van der Waals surface area contributed by atoms with Crippen LogP contribution < -0.4 is 9.47 Å². The molecule has 1 unspecified atom stereocenters. The minimum Gasteiger partial charge on any atom is -0.467 e. The molecule has 0 aliphatic carbocycles. The summed E-state index contributed by atoms with van der Waals surface area (Å²) in [6.07, 6.45) is 11.5. The highest BCUT2D eigenvalue weighted by Gasteiger charge is 2.27. The zero-order chi connectivity index (χ0) is 25.3. The van der Waals surface area contributed by atoms with Crippen LogP contribution in [-0.2, 0) is 25.4 Å². The van der Waals surface area contributed by atoms with E-state index in [0.717, 1.165) is 19.3 Å². The summed E-state index contributed by atoms with van der Waals surface area (Å²) in [7, 11) is 2.92. The summed E-state index contributed by atoms with van der Waals surface area (Å²) >= 11 is 6.58. The maximum absolute atomic E-state index is 13.1. The first kappa shape index (κ1) is 29.4. The van der Waals surface area contributed by atoms with Crippen LogP contribution in [0.3, 0.4) is 0 Å². The Morgan fingerprint density at radius 1 is 1.06 bits per heavy atom. The lowest BCUT2D eigenvalue weighted by Crippen LogP contribution is -2.19. The van der Waals surface area contributed by atoms with Crippen molar-refractivity contribution in [3.8, 4) is 11.5 Å². The van der Waals surface area contributed by atoms with Crippen molar-refractivity contribution in [3.05, 3.63) is 59.2 Å². The summed E-state index contributed by atoms with van der Waals surface area (Å²) in [5.74, 6) is -0.556. The molecule has 0 aliphatic rings. The molecule has 8 heteroatoms. The van der Waals surface area contributed by atoms with Crippen LogP contribution in [0.1, 0.15) is 55.5 Å². The number of carbonyl (C=O) groups is 2. The van der Waals surface area contributed by atoms with Gasteiger partial charge in [-0.05, 0) is 32.3 Å². The number of unbranched alkanes of at least 4 members (excludes halogenated alkanes) is 1. The molecule has 0 bridgehead atoms. The smallest absolute Gasteiger partial charge is 0.342 e. The summed E-state index contributed by atoms with van der Waals surface area (Å²) in [4.78, 5) is 25.9. The van der Waals surface area contributed by atoms with E-state index >= 15 is 0 Å². The highest BCUT2D eigenvalue weighted by Crippen LogP contribution is 2.39. The van der Waals surface area contributed by atoms with Crippen molar-refractivity contribution in [2.24, 2.45) is 0 Å². The van der Waals surface area contributed by atoms with Crippen LogP contribution >= 0.6 is 11.6 Å². The van der Waals surface area contributed by atoms with Gasteiger partial charge in [0.25, 0.3) is 0 Å². The molecule has 0 radical (unpaired) electrons. The van der Waals surface area contributed by atoms with Crippen molar-refractivity contribution in [1.82, 2.24) is 0 Å². The van der Waals surface area contributed by atoms with Crippen LogP contribution in [0.25, 0.3) is 0 Å². The molecule has 0 amide bonds. The Kier molecular flexibility index (Phi) is 14.6. The fourth-order valence-electron chi connectivity index (χ4n) is 2.96. The van der Waals surface area contributed by atoms with E-state index in [4.69, 9.17) is 35.3 Å². The van der Waals surface area contributed by atoms with Crippen LogP contribution in [-0.4, -0.2) is 45.7 Å². The summed E-state index contributed by atoms with van der Waals surface area (Å²) < 4.78 is 26.7. The molecule has 0 saturated carbocycles. The number of methoxy groups -OCH3 is 2. The molecule has 0 aromatic heterocycles. The number of hydrogen-bond acceptors (Lipinski definition) is 7. The second-order valence-corrected chi connectivity index (χ2v) is 7.76. The lowest BCUT2D eigenvalue weighted by Gasteiger charge is -2.20. The van der Waals surface area contributed by atoms with Crippen LogP contribution in [0.5, 0.6) is 11.5 Å². The van der Waals surface area contributed by atoms with Crippen LogP contribution in [0, 0.1) is 0 Å². The van der Waals surface area contributed by atoms with Gasteiger partial charge in [0.1, 0.15) is 23.2 Å². The molecule has 0 heterocycles. The van der Waals surface area contributed by atoms with E-state index in [1.165, 1.54) is 26.4 Å². The number of hydrogen-bond donors (Lipinski definition) is 0. The number of allylic oxidation sites excluding steroid dienone is 4. The summed E-state index contributed by atoms with van der Waals surface area (Å²) in [5.41, 5.74) is 0.299. The van der Waals surface area contributed by atoms with Crippen molar-refractivity contribution in [2.45, 2.75) is 52.1 Å². The summed E-state index contributed by atoms with van der Waals surface area (Å²) in [5, 5.41) is 0.109. The van der Waals surface area contributed by atoms with E-state index < -0.39 is 12.1 Å². The number of carbonyl (C=O) groups excluding carboxylic acids is 2. The second kappa shape index (κ2) is 16.9. The Labute approximate surface area is 207 Å². The molecule has 34 heavy (non-hydrogen) atoms. The Morgan fingerprint density at radius 3 is 2.32 bits per heavy atom. The van der Waals surface area contributed by atoms with Crippen LogP contribution in [0.15, 0.2) is 43.0 Å². The average molecular weight is 495 g/mol. The van der Waals surface area contributed by atoms with Gasteiger partial charge in [-0.3, -0.25) is 4.79 Å². The Morgan fingerprint density at radius 2 is 1.71 bits per heavy atom. The minimum atomic E-state index is -0.669. The van der Waals surface area contributed by atoms with Crippen molar-refractivity contribution in [3.63, 3.8) is 0 Å². The van der Waals surface area contributed by atoms with Gasteiger partial charge in [-0.15, -0.1) is 6.58 Å². The third kappa shape index (κ3) is 10.1. The molecule has 0 spiro atoms. The molecule has 0 aliphatic heterocycles. The number of halogens is 1. The van der Waals surface area contributed by atoms with Gasteiger partial charge in [0.05, 0.1) is 5.02 Å². The van der Waals surface area contributed by atoms with Gasteiger partial charge in [0.2, 0.25) is 0 Å². The Hall–Kier alpha value is -2.61. The lowest BCUT2D eigenvalue weighted by molar-refractivity contribution is -0.114. The lowest BCUT2D eigenvalue weighted by atomic mass is 9.99. The van der Waals surface area contributed by atoms with Gasteiger partial charge in [-0.2, -0.15) is 0 Å². The highest BCUT2D eigenvalue weighted by molar-refractivity contribution is 6.33. The first-order chi connectivity index (χ1) is 16.4. The largest absolute Gasteiger partial charge is 0.467 e.